The molecular formula is C16H21ClN2O2. The normalized spacial score (nSPS) is 10.0. The van der Waals surface area contributed by atoms with Gasteiger partial charge in [0, 0.05) is 19.6 Å². The number of aryl methyl sites for hydroxylation is 1. The molecule has 0 bridgehead atoms. The van der Waals surface area contributed by atoms with Crippen LogP contribution >= 0.6 is 12.4 Å². The zero-order valence-electron chi connectivity index (χ0n) is 12.1. The fourth-order valence-corrected chi connectivity index (χ4v) is 2.08. The van der Waals surface area contributed by atoms with Gasteiger partial charge in [0.1, 0.15) is 5.76 Å². The Morgan fingerprint density at radius 2 is 1.86 bits per heavy atom. The highest BCUT2D eigenvalue weighted by Crippen LogP contribution is 2.10. The summed E-state index contributed by atoms with van der Waals surface area (Å²) in [6.07, 6.45) is 0.812. The predicted molar refractivity (Wildman–Crippen MR) is 85.8 cm³/mol. The molecule has 0 saturated heterocycles. The standard InChI is InChI=1S/C16H20N2O2.ClH/c1-13-7-8-15(20-13)16(19)18(12-10-17)11-9-14-5-3-2-4-6-14;/h2-8H,9-12,17H2,1H3;1H. The zero-order valence-corrected chi connectivity index (χ0v) is 12.9. The molecule has 0 spiro atoms. The van der Waals surface area contributed by atoms with Crippen molar-refractivity contribution in [3.63, 3.8) is 0 Å². The van der Waals surface area contributed by atoms with Crippen LogP contribution in [-0.2, 0) is 6.42 Å². The molecular weight excluding hydrogens is 288 g/mol. The van der Waals surface area contributed by atoms with Crippen LogP contribution in [0.2, 0.25) is 0 Å². The maximum absolute atomic E-state index is 12.3. The second kappa shape index (κ2) is 8.49. The van der Waals surface area contributed by atoms with E-state index in [0.29, 0.717) is 25.4 Å². The summed E-state index contributed by atoms with van der Waals surface area (Å²) >= 11 is 0. The Balaban J connectivity index is 0.00000220. The highest BCUT2D eigenvalue weighted by atomic mass is 35.5. The van der Waals surface area contributed by atoms with Crippen molar-refractivity contribution < 1.29 is 9.21 Å². The third-order valence-corrected chi connectivity index (χ3v) is 3.15. The number of benzene rings is 1. The molecule has 5 heteroatoms. The molecule has 1 amide bonds. The van der Waals surface area contributed by atoms with E-state index in [1.54, 1.807) is 17.0 Å². The van der Waals surface area contributed by atoms with Crippen LogP contribution in [0.4, 0.5) is 0 Å². The molecule has 1 aromatic heterocycles. The van der Waals surface area contributed by atoms with E-state index >= 15 is 0 Å². The van der Waals surface area contributed by atoms with Gasteiger partial charge in [-0.25, -0.2) is 0 Å². The Morgan fingerprint density at radius 1 is 1.14 bits per heavy atom. The quantitative estimate of drug-likeness (QED) is 0.892. The monoisotopic (exact) mass is 308 g/mol. The van der Waals surface area contributed by atoms with Crippen LogP contribution in [-0.4, -0.2) is 30.4 Å². The van der Waals surface area contributed by atoms with Gasteiger partial charge in [0.05, 0.1) is 0 Å². The number of furan rings is 1. The maximum Gasteiger partial charge on any atom is 0.289 e. The summed E-state index contributed by atoms with van der Waals surface area (Å²) < 4.78 is 5.39. The van der Waals surface area contributed by atoms with E-state index in [0.717, 1.165) is 12.2 Å². The summed E-state index contributed by atoms with van der Waals surface area (Å²) in [6.45, 7) is 3.44. The van der Waals surface area contributed by atoms with Gasteiger partial charge < -0.3 is 15.1 Å². The van der Waals surface area contributed by atoms with Crippen molar-refractivity contribution in [2.75, 3.05) is 19.6 Å². The van der Waals surface area contributed by atoms with Crippen molar-refractivity contribution in [1.82, 2.24) is 4.90 Å². The number of hydrogen-bond donors (Lipinski definition) is 1. The number of nitrogens with zero attached hydrogens (tertiary/aromatic N) is 1. The van der Waals surface area contributed by atoms with Crippen LogP contribution in [0.15, 0.2) is 46.9 Å². The van der Waals surface area contributed by atoms with E-state index in [-0.39, 0.29) is 18.3 Å². The molecule has 2 aromatic rings. The number of halogens is 1. The average molecular weight is 309 g/mol. The summed E-state index contributed by atoms with van der Waals surface area (Å²) in [5.41, 5.74) is 6.80. The van der Waals surface area contributed by atoms with Gasteiger partial charge in [-0.2, -0.15) is 0 Å². The molecule has 2 N–H and O–H groups in total. The lowest BCUT2D eigenvalue weighted by atomic mass is 10.1. The molecule has 0 aliphatic heterocycles. The molecule has 21 heavy (non-hydrogen) atoms. The third kappa shape index (κ3) is 4.92. The van der Waals surface area contributed by atoms with E-state index in [4.69, 9.17) is 10.2 Å². The molecule has 0 unspecified atom stereocenters. The van der Waals surface area contributed by atoms with Crippen molar-refractivity contribution in [2.24, 2.45) is 5.73 Å². The number of hydrogen-bond acceptors (Lipinski definition) is 3. The van der Waals surface area contributed by atoms with Crippen LogP contribution in [0.3, 0.4) is 0 Å². The first-order valence-electron chi connectivity index (χ1n) is 6.80. The Labute approximate surface area is 131 Å². The first-order valence-corrected chi connectivity index (χ1v) is 6.80. The lowest BCUT2D eigenvalue weighted by molar-refractivity contribution is 0.0729. The zero-order chi connectivity index (χ0) is 14.4. The lowest BCUT2D eigenvalue weighted by Gasteiger charge is -2.20. The summed E-state index contributed by atoms with van der Waals surface area (Å²) in [5, 5.41) is 0. The SMILES string of the molecule is Cc1ccc(C(=O)N(CCN)CCc2ccccc2)o1.Cl. The minimum absolute atomic E-state index is 0. The molecule has 4 nitrogen and oxygen atoms in total. The molecule has 0 fully saturated rings. The van der Waals surface area contributed by atoms with Gasteiger partial charge in [0.2, 0.25) is 0 Å². The predicted octanol–water partition coefficient (Wildman–Crippen LogP) is 2.65. The molecule has 1 heterocycles. The maximum atomic E-state index is 12.3. The molecule has 0 radical (unpaired) electrons. The van der Waals surface area contributed by atoms with Crippen molar-refractivity contribution >= 4 is 18.3 Å². The first-order chi connectivity index (χ1) is 9.70. The minimum Gasteiger partial charge on any atom is -0.456 e. The van der Waals surface area contributed by atoms with Crippen LogP contribution in [0, 0.1) is 6.92 Å². The summed E-state index contributed by atoms with van der Waals surface area (Å²) in [5.74, 6) is 1.02. The van der Waals surface area contributed by atoms with Gasteiger partial charge >= 0.3 is 0 Å². The van der Waals surface area contributed by atoms with Crippen molar-refractivity contribution in [3.05, 3.63) is 59.5 Å². The molecule has 114 valence electrons. The number of carbonyl (C=O) groups is 1. The van der Waals surface area contributed by atoms with Gasteiger partial charge in [-0.1, -0.05) is 30.3 Å². The number of rotatable bonds is 6. The van der Waals surface area contributed by atoms with Crippen molar-refractivity contribution in [2.45, 2.75) is 13.3 Å². The van der Waals surface area contributed by atoms with Gasteiger partial charge in [0.25, 0.3) is 5.91 Å². The molecule has 1 aromatic carbocycles. The number of amides is 1. The fraction of sp³-hybridized carbons (Fsp3) is 0.312. The Kier molecular flexibility index (Phi) is 6.99. The van der Waals surface area contributed by atoms with Crippen LogP contribution in [0.25, 0.3) is 0 Å². The van der Waals surface area contributed by atoms with Crippen LogP contribution in [0.1, 0.15) is 21.9 Å². The number of carbonyl (C=O) groups excluding carboxylic acids is 1. The van der Waals surface area contributed by atoms with E-state index in [2.05, 4.69) is 12.1 Å². The van der Waals surface area contributed by atoms with Gasteiger partial charge in [0.15, 0.2) is 5.76 Å². The van der Waals surface area contributed by atoms with Crippen molar-refractivity contribution in [1.29, 1.82) is 0 Å². The summed E-state index contributed by atoms with van der Waals surface area (Å²) in [7, 11) is 0. The lowest BCUT2D eigenvalue weighted by Crippen LogP contribution is -2.36. The highest BCUT2D eigenvalue weighted by molar-refractivity contribution is 5.91. The van der Waals surface area contributed by atoms with Gasteiger partial charge in [-0.3, -0.25) is 4.79 Å². The van der Waals surface area contributed by atoms with Crippen LogP contribution < -0.4 is 5.73 Å². The summed E-state index contributed by atoms with van der Waals surface area (Å²) in [6, 6.07) is 13.6. The Morgan fingerprint density at radius 3 is 2.43 bits per heavy atom. The molecule has 0 aliphatic carbocycles. The van der Waals surface area contributed by atoms with E-state index in [1.165, 1.54) is 5.56 Å². The second-order valence-corrected chi connectivity index (χ2v) is 4.73. The van der Waals surface area contributed by atoms with Gasteiger partial charge in [-0.15, -0.1) is 12.4 Å². The van der Waals surface area contributed by atoms with E-state index < -0.39 is 0 Å². The van der Waals surface area contributed by atoms with E-state index in [1.807, 2.05) is 25.1 Å². The first kappa shape index (κ1) is 17.3. The number of nitrogens with two attached hydrogens (primary N) is 1. The molecule has 0 aliphatic rings. The largest absolute Gasteiger partial charge is 0.456 e. The highest BCUT2D eigenvalue weighted by Gasteiger charge is 2.18. The smallest absolute Gasteiger partial charge is 0.289 e. The molecule has 0 saturated carbocycles. The Hall–Kier alpha value is -1.78. The average Bonchev–Trinajstić information content (AvgIpc) is 2.90. The molecule has 0 atom stereocenters. The minimum atomic E-state index is -0.0977. The third-order valence-electron chi connectivity index (χ3n) is 3.15. The van der Waals surface area contributed by atoms with E-state index in [9.17, 15) is 4.79 Å². The molecule has 2 rings (SSSR count). The Bertz CT molecular complexity index is 554. The van der Waals surface area contributed by atoms with Gasteiger partial charge in [-0.05, 0) is 31.0 Å². The second-order valence-electron chi connectivity index (χ2n) is 4.73. The van der Waals surface area contributed by atoms with Crippen LogP contribution in [0.5, 0.6) is 0 Å². The topological polar surface area (TPSA) is 59.5 Å². The summed E-state index contributed by atoms with van der Waals surface area (Å²) in [4.78, 5) is 14.1. The fourth-order valence-electron chi connectivity index (χ4n) is 2.08. The van der Waals surface area contributed by atoms with Crippen molar-refractivity contribution in [3.8, 4) is 0 Å².